The molecule has 0 aliphatic heterocycles. The molecule has 0 aliphatic rings. The third-order valence-electron chi connectivity index (χ3n) is 5.75. The molecule has 0 saturated heterocycles. The Morgan fingerprint density at radius 2 is 1.46 bits per heavy atom. The van der Waals surface area contributed by atoms with E-state index in [2.05, 4.69) is 87.4 Å². The fourth-order valence-corrected chi connectivity index (χ4v) is 5.76. The highest BCUT2D eigenvalue weighted by molar-refractivity contribution is 7.26. The second-order valence-corrected chi connectivity index (χ2v) is 8.22. The SMILES string of the molecule is c1ccc2c(c1)ccc1c2ccc2c3c4ccccc4sc3c3nncn3c12. The first kappa shape index (κ1) is 14.5. The molecule has 0 bridgehead atoms. The Morgan fingerprint density at radius 3 is 2.43 bits per heavy atom. The Morgan fingerprint density at radius 1 is 0.679 bits per heavy atom. The number of aromatic nitrogens is 3. The number of thiophene rings is 1. The Bertz CT molecular complexity index is 1720. The highest BCUT2D eigenvalue weighted by Crippen LogP contribution is 2.42. The van der Waals surface area contributed by atoms with Crippen molar-refractivity contribution in [2.45, 2.75) is 0 Å². The first-order chi connectivity index (χ1) is 13.9. The monoisotopic (exact) mass is 375 g/mol. The van der Waals surface area contributed by atoms with Gasteiger partial charge in [0.05, 0.1) is 10.2 Å². The first-order valence-corrected chi connectivity index (χ1v) is 10.1. The lowest BCUT2D eigenvalue weighted by atomic mass is 9.98. The number of nitrogens with zero attached hydrogens (tertiary/aromatic N) is 3. The summed E-state index contributed by atoms with van der Waals surface area (Å²) in [5.74, 6) is 0. The Balaban J connectivity index is 1.85. The zero-order valence-corrected chi connectivity index (χ0v) is 15.6. The van der Waals surface area contributed by atoms with Crippen molar-refractivity contribution in [1.29, 1.82) is 0 Å². The number of fused-ring (bicyclic) bond motifs is 12. The van der Waals surface area contributed by atoms with Crippen LogP contribution in [0, 0.1) is 0 Å². The van der Waals surface area contributed by atoms with Gasteiger partial charge in [0.2, 0.25) is 0 Å². The summed E-state index contributed by atoms with van der Waals surface area (Å²) in [6.45, 7) is 0. The van der Waals surface area contributed by atoms with Crippen LogP contribution in [0.5, 0.6) is 0 Å². The third-order valence-corrected chi connectivity index (χ3v) is 6.92. The quantitative estimate of drug-likeness (QED) is 0.281. The average molecular weight is 375 g/mol. The van der Waals surface area contributed by atoms with Crippen molar-refractivity contribution in [2.24, 2.45) is 0 Å². The zero-order chi connectivity index (χ0) is 18.2. The highest BCUT2D eigenvalue weighted by Gasteiger charge is 2.17. The summed E-state index contributed by atoms with van der Waals surface area (Å²) in [5.41, 5.74) is 2.11. The fraction of sp³-hybridized carbons (Fsp3) is 0. The molecule has 0 saturated carbocycles. The molecule has 0 fully saturated rings. The number of hydrogen-bond donors (Lipinski definition) is 0. The van der Waals surface area contributed by atoms with Gasteiger partial charge in [-0.1, -0.05) is 66.7 Å². The van der Waals surface area contributed by atoms with Crippen LogP contribution in [-0.2, 0) is 0 Å². The minimum Gasteiger partial charge on any atom is -0.280 e. The van der Waals surface area contributed by atoms with Crippen LogP contribution >= 0.6 is 11.3 Å². The molecule has 7 rings (SSSR count). The molecule has 3 aromatic heterocycles. The molecule has 0 atom stereocenters. The maximum Gasteiger partial charge on any atom is 0.179 e. The van der Waals surface area contributed by atoms with Gasteiger partial charge in [0.1, 0.15) is 6.33 Å². The Labute approximate surface area is 163 Å². The molecular weight excluding hydrogens is 362 g/mol. The van der Waals surface area contributed by atoms with Gasteiger partial charge in [0, 0.05) is 26.2 Å². The second-order valence-electron chi connectivity index (χ2n) is 7.17. The van der Waals surface area contributed by atoms with Gasteiger partial charge in [-0.15, -0.1) is 21.5 Å². The lowest BCUT2D eigenvalue weighted by Gasteiger charge is -2.10. The van der Waals surface area contributed by atoms with Crippen LogP contribution in [0.3, 0.4) is 0 Å². The molecule has 4 heteroatoms. The van der Waals surface area contributed by atoms with Gasteiger partial charge < -0.3 is 0 Å². The van der Waals surface area contributed by atoms with Crippen molar-refractivity contribution in [3.63, 3.8) is 0 Å². The van der Waals surface area contributed by atoms with Crippen LogP contribution in [0.1, 0.15) is 0 Å². The van der Waals surface area contributed by atoms with E-state index in [1.165, 1.54) is 52.6 Å². The summed E-state index contributed by atoms with van der Waals surface area (Å²) in [6.07, 6.45) is 1.84. The van der Waals surface area contributed by atoms with Gasteiger partial charge in [-0.25, -0.2) is 0 Å². The van der Waals surface area contributed by atoms with Gasteiger partial charge in [0.25, 0.3) is 0 Å². The van der Waals surface area contributed by atoms with Crippen molar-refractivity contribution >= 4 is 69.6 Å². The first-order valence-electron chi connectivity index (χ1n) is 9.27. The molecule has 130 valence electrons. The van der Waals surface area contributed by atoms with E-state index in [9.17, 15) is 0 Å². The number of pyridine rings is 1. The number of hydrogen-bond acceptors (Lipinski definition) is 3. The molecule has 0 amide bonds. The maximum atomic E-state index is 4.48. The van der Waals surface area contributed by atoms with E-state index in [1.54, 1.807) is 11.3 Å². The molecule has 7 aromatic rings. The Hall–Kier alpha value is -3.50. The molecule has 3 nitrogen and oxygen atoms in total. The van der Waals surface area contributed by atoms with E-state index < -0.39 is 0 Å². The molecule has 3 heterocycles. The minimum atomic E-state index is 0.935. The van der Waals surface area contributed by atoms with Crippen LogP contribution in [0.4, 0.5) is 0 Å². The van der Waals surface area contributed by atoms with E-state index in [0.29, 0.717) is 0 Å². The van der Waals surface area contributed by atoms with E-state index in [4.69, 9.17) is 0 Å². The normalized spacial score (nSPS) is 12.3. The molecule has 0 aliphatic carbocycles. The zero-order valence-electron chi connectivity index (χ0n) is 14.8. The van der Waals surface area contributed by atoms with Crippen molar-refractivity contribution in [3.8, 4) is 0 Å². The van der Waals surface area contributed by atoms with E-state index in [1.807, 2.05) is 6.33 Å². The van der Waals surface area contributed by atoms with Crippen LogP contribution in [0.25, 0.3) is 58.3 Å². The summed E-state index contributed by atoms with van der Waals surface area (Å²) in [6, 6.07) is 26.2. The molecule has 28 heavy (non-hydrogen) atoms. The second kappa shape index (κ2) is 5.06. The smallest absolute Gasteiger partial charge is 0.179 e. The van der Waals surface area contributed by atoms with Crippen molar-refractivity contribution in [2.75, 3.05) is 0 Å². The maximum absolute atomic E-state index is 4.48. The lowest BCUT2D eigenvalue weighted by molar-refractivity contribution is 1.11. The van der Waals surface area contributed by atoms with Gasteiger partial charge >= 0.3 is 0 Å². The summed E-state index contributed by atoms with van der Waals surface area (Å²) < 4.78 is 4.64. The summed E-state index contributed by atoms with van der Waals surface area (Å²) in [5, 5.41) is 17.6. The molecular formula is C24H13N3S. The average Bonchev–Trinajstić information content (AvgIpc) is 3.38. The minimum absolute atomic E-state index is 0.935. The van der Waals surface area contributed by atoms with Crippen LogP contribution in [0.2, 0.25) is 0 Å². The van der Waals surface area contributed by atoms with E-state index in [-0.39, 0.29) is 0 Å². The molecule has 0 N–H and O–H groups in total. The molecule has 4 aromatic carbocycles. The summed E-state index contributed by atoms with van der Waals surface area (Å²) in [7, 11) is 0. The van der Waals surface area contributed by atoms with Crippen molar-refractivity contribution < 1.29 is 0 Å². The van der Waals surface area contributed by atoms with Crippen LogP contribution < -0.4 is 0 Å². The number of rotatable bonds is 0. The van der Waals surface area contributed by atoms with Gasteiger partial charge in [-0.3, -0.25) is 4.40 Å². The van der Waals surface area contributed by atoms with Crippen molar-refractivity contribution in [1.82, 2.24) is 14.6 Å². The number of benzene rings is 4. The predicted molar refractivity (Wildman–Crippen MR) is 118 cm³/mol. The Kier molecular flexibility index (Phi) is 2.63. The van der Waals surface area contributed by atoms with Crippen LogP contribution in [0.15, 0.2) is 79.1 Å². The third kappa shape index (κ3) is 1.69. The predicted octanol–water partition coefficient (Wildman–Crippen LogP) is 6.56. The van der Waals surface area contributed by atoms with Gasteiger partial charge in [-0.05, 0) is 22.2 Å². The van der Waals surface area contributed by atoms with Gasteiger partial charge in [0.15, 0.2) is 5.65 Å². The van der Waals surface area contributed by atoms with Crippen LogP contribution in [-0.4, -0.2) is 14.6 Å². The fourth-order valence-electron chi connectivity index (χ4n) is 4.56. The molecule has 0 unspecified atom stereocenters. The van der Waals surface area contributed by atoms with Crippen molar-refractivity contribution in [3.05, 3.63) is 79.1 Å². The highest BCUT2D eigenvalue weighted by atomic mass is 32.1. The standard InChI is InChI=1S/C24H13N3S/c1-2-6-15-14(5-1)9-10-17-16(15)11-12-19-21-18-7-3-4-8-20(18)28-23(21)24-26-25-13-27(24)22(17)19/h1-13H. The topological polar surface area (TPSA) is 30.2 Å². The van der Waals surface area contributed by atoms with E-state index in [0.717, 1.165) is 5.65 Å². The summed E-state index contributed by atoms with van der Waals surface area (Å²) in [4.78, 5) is 0. The summed E-state index contributed by atoms with van der Waals surface area (Å²) >= 11 is 1.80. The van der Waals surface area contributed by atoms with Gasteiger partial charge in [-0.2, -0.15) is 0 Å². The lowest BCUT2D eigenvalue weighted by Crippen LogP contribution is -1.91. The van der Waals surface area contributed by atoms with E-state index >= 15 is 0 Å². The largest absolute Gasteiger partial charge is 0.280 e. The molecule has 0 spiro atoms. The molecule has 0 radical (unpaired) electrons.